The summed E-state index contributed by atoms with van der Waals surface area (Å²) in [6.45, 7) is 3.10. The Morgan fingerprint density at radius 3 is 2.64 bits per heavy atom. The average molecular weight is 444 g/mol. The number of benzene rings is 2. The molecule has 1 saturated heterocycles. The van der Waals surface area contributed by atoms with Gasteiger partial charge in [0.05, 0.1) is 43.7 Å². The Hall–Kier alpha value is -4.27. The zero-order valence-corrected chi connectivity index (χ0v) is 17.8. The maximum absolute atomic E-state index is 13.4. The zero-order chi connectivity index (χ0) is 22.8. The van der Waals surface area contributed by atoms with E-state index >= 15 is 0 Å². The number of hydrogen-bond acceptors (Lipinski definition) is 6. The van der Waals surface area contributed by atoms with E-state index in [1.54, 1.807) is 24.8 Å². The minimum absolute atomic E-state index is 0.0556. The first kappa shape index (κ1) is 20.6. The van der Waals surface area contributed by atoms with Gasteiger partial charge in [-0.15, -0.1) is 0 Å². The number of rotatable bonds is 6. The van der Waals surface area contributed by atoms with E-state index in [4.69, 9.17) is 4.74 Å². The monoisotopic (exact) mass is 444 g/mol. The van der Waals surface area contributed by atoms with Gasteiger partial charge in [-0.1, -0.05) is 18.2 Å². The van der Waals surface area contributed by atoms with Crippen LogP contribution in [-0.2, 0) is 0 Å². The number of halogens is 1. The van der Waals surface area contributed by atoms with E-state index in [0.717, 1.165) is 16.8 Å². The molecule has 0 bridgehead atoms. The van der Waals surface area contributed by atoms with Gasteiger partial charge >= 0.3 is 0 Å². The van der Waals surface area contributed by atoms with Crippen molar-refractivity contribution in [3.63, 3.8) is 0 Å². The maximum Gasteiger partial charge on any atom is 0.275 e. The molecular formula is C24H21FN6O2. The second kappa shape index (κ2) is 8.70. The van der Waals surface area contributed by atoms with Crippen molar-refractivity contribution in [3.8, 4) is 17.0 Å². The number of aromatic amines is 1. The molecule has 8 nitrogen and oxygen atoms in total. The van der Waals surface area contributed by atoms with Crippen LogP contribution in [0.25, 0.3) is 11.3 Å². The van der Waals surface area contributed by atoms with E-state index < -0.39 is 0 Å². The Bertz CT molecular complexity index is 1250. The molecule has 1 fully saturated rings. The van der Waals surface area contributed by atoms with E-state index in [0.29, 0.717) is 30.3 Å². The Morgan fingerprint density at radius 2 is 1.94 bits per heavy atom. The van der Waals surface area contributed by atoms with E-state index in [9.17, 15) is 9.18 Å². The van der Waals surface area contributed by atoms with E-state index in [2.05, 4.69) is 25.3 Å². The molecule has 0 saturated carbocycles. The van der Waals surface area contributed by atoms with Gasteiger partial charge in [-0.25, -0.2) is 19.3 Å². The number of anilines is 2. The van der Waals surface area contributed by atoms with Gasteiger partial charge in [-0.3, -0.25) is 4.79 Å². The molecule has 2 aromatic carbocycles. The van der Waals surface area contributed by atoms with Crippen LogP contribution in [0.5, 0.6) is 5.75 Å². The second-order valence-corrected chi connectivity index (χ2v) is 7.81. The predicted octanol–water partition coefficient (Wildman–Crippen LogP) is 3.83. The summed E-state index contributed by atoms with van der Waals surface area (Å²) in [7, 11) is 0. The number of H-pyrrole nitrogens is 1. The minimum Gasteiger partial charge on any atom is -0.486 e. The van der Waals surface area contributed by atoms with E-state index in [1.165, 1.54) is 18.3 Å². The van der Waals surface area contributed by atoms with Crippen molar-refractivity contribution in [2.45, 2.75) is 13.0 Å². The highest BCUT2D eigenvalue weighted by atomic mass is 19.1. The van der Waals surface area contributed by atoms with Gasteiger partial charge in [0.2, 0.25) is 0 Å². The van der Waals surface area contributed by atoms with Crippen LogP contribution in [0, 0.1) is 12.7 Å². The van der Waals surface area contributed by atoms with Gasteiger partial charge in [0.1, 0.15) is 29.2 Å². The fourth-order valence-electron chi connectivity index (χ4n) is 3.52. The number of aryl methyl sites for hydroxylation is 1. The number of amides is 1. The molecule has 5 rings (SSSR count). The van der Waals surface area contributed by atoms with Gasteiger partial charge in [0.25, 0.3) is 5.91 Å². The van der Waals surface area contributed by atoms with Crippen molar-refractivity contribution in [2.24, 2.45) is 0 Å². The molecule has 0 atom stereocenters. The van der Waals surface area contributed by atoms with Crippen molar-refractivity contribution in [1.82, 2.24) is 19.9 Å². The fraction of sp³-hybridized carbons (Fsp3) is 0.167. The van der Waals surface area contributed by atoms with Crippen molar-refractivity contribution in [1.29, 1.82) is 0 Å². The first-order valence-electron chi connectivity index (χ1n) is 10.4. The van der Waals surface area contributed by atoms with Gasteiger partial charge < -0.3 is 19.9 Å². The summed E-state index contributed by atoms with van der Waals surface area (Å²) < 4.78 is 19.3. The molecular weight excluding hydrogens is 423 g/mol. The second-order valence-electron chi connectivity index (χ2n) is 7.81. The Kier molecular flexibility index (Phi) is 5.43. The third kappa shape index (κ3) is 4.52. The molecule has 166 valence electrons. The summed E-state index contributed by atoms with van der Waals surface area (Å²) in [5.41, 5.74) is 3.64. The van der Waals surface area contributed by atoms with Crippen molar-refractivity contribution in [2.75, 3.05) is 23.3 Å². The van der Waals surface area contributed by atoms with Crippen LogP contribution in [0.2, 0.25) is 0 Å². The van der Waals surface area contributed by atoms with E-state index in [1.807, 2.05) is 36.1 Å². The number of hydrogen-bond donors (Lipinski definition) is 2. The highest BCUT2D eigenvalue weighted by Crippen LogP contribution is 2.25. The molecule has 0 spiro atoms. The van der Waals surface area contributed by atoms with Crippen LogP contribution in [0.15, 0.2) is 67.4 Å². The number of carbonyl (C=O) groups excluding carboxylic acids is 1. The van der Waals surface area contributed by atoms with Crippen molar-refractivity contribution in [3.05, 3.63) is 84.5 Å². The van der Waals surface area contributed by atoms with Gasteiger partial charge in [0, 0.05) is 11.8 Å². The van der Waals surface area contributed by atoms with E-state index in [-0.39, 0.29) is 23.5 Å². The molecule has 1 aliphatic rings. The number of nitrogens with one attached hydrogen (secondary N) is 2. The third-order valence-electron chi connectivity index (χ3n) is 5.44. The Balaban J connectivity index is 1.15. The molecule has 2 N–H and O–H groups in total. The lowest BCUT2D eigenvalue weighted by molar-refractivity contribution is 0.102. The molecule has 3 heterocycles. The van der Waals surface area contributed by atoms with Crippen molar-refractivity contribution >= 4 is 17.4 Å². The highest BCUT2D eigenvalue weighted by Gasteiger charge is 2.30. The topological polar surface area (TPSA) is 96.0 Å². The Morgan fingerprint density at radius 1 is 1.12 bits per heavy atom. The van der Waals surface area contributed by atoms with Gasteiger partial charge in [-0.2, -0.15) is 0 Å². The van der Waals surface area contributed by atoms with Crippen LogP contribution in [0.3, 0.4) is 0 Å². The number of carbonyl (C=O) groups is 1. The predicted molar refractivity (Wildman–Crippen MR) is 122 cm³/mol. The molecule has 0 aliphatic carbocycles. The first-order chi connectivity index (χ1) is 16.0. The summed E-state index contributed by atoms with van der Waals surface area (Å²) in [6, 6.07) is 11.9. The number of nitrogens with zero attached hydrogens (tertiary/aromatic N) is 4. The van der Waals surface area contributed by atoms with Gasteiger partial charge in [0.15, 0.2) is 0 Å². The molecule has 1 aliphatic heterocycles. The Labute approximate surface area is 189 Å². The van der Waals surface area contributed by atoms with Crippen LogP contribution in [0.4, 0.5) is 15.9 Å². The number of ether oxygens (including phenoxy) is 1. The summed E-state index contributed by atoms with van der Waals surface area (Å²) in [5, 5.41) is 2.82. The van der Waals surface area contributed by atoms with Crippen LogP contribution < -0.4 is 15.0 Å². The smallest absolute Gasteiger partial charge is 0.275 e. The molecule has 2 aromatic heterocycles. The summed E-state index contributed by atoms with van der Waals surface area (Å²) in [5.74, 6) is 0.552. The summed E-state index contributed by atoms with van der Waals surface area (Å²) in [4.78, 5) is 30.2. The highest BCUT2D eigenvalue weighted by molar-refractivity contribution is 6.02. The van der Waals surface area contributed by atoms with Crippen LogP contribution in [0.1, 0.15) is 16.1 Å². The zero-order valence-electron chi connectivity index (χ0n) is 17.8. The van der Waals surface area contributed by atoms with Gasteiger partial charge in [-0.05, 0) is 36.2 Å². The summed E-state index contributed by atoms with van der Waals surface area (Å²) in [6.07, 6.45) is 6.32. The fourth-order valence-corrected chi connectivity index (χ4v) is 3.52. The molecule has 1 amide bonds. The van der Waals surface area contributed by atoms with Crippen molar-refractivity contribution < 1.29 is 13.9 Å². The van der Waals surface area contributed by atoms with Crippen LogP contribution in [-0.4, -0.2) is 45.0 Å². The molecule has 9 heteroatoms. The maximum atomic E-state index is 13.4. The average Bonchev–Trinajstić information content (AvgIpc) is 3.34. The quantitative estimate of drug-likeness (QED) is 0.469. The molecule has 0 unspecified atom stereocenters. The minimum atomic E-state index is -0.338. The number of aromatic nitrogens is 4. The lowest BCUT2D eigenvalue weighted by atomic mass is 10.1. The lowest BCUT2D eigenvalue weighted by Gasteiger charge is -2.39. The van der Waals surface area contributed by atoms with Crippen LogP contribution >= 0.6 is 0 Å². The SMILES string of the molecule is Cc1ccc(F)cc1OC1CN(c2cnc(C(=O)Nc3ccc(-c4cnc[nH]4)cc3)cn2)C1. The largest absolute Gasteiger partial charge is 0.486 e. The molecule has 0 radical (unpaired) electrons. The summed E-state index contributed by atoms with van der Waals surface area (Å²) >= 11 is 0. The standard InChI is InChI=1S/C24H21FN6O2/c1-15-2-5-17(25)8-22(15)33-19-12-31(13-19)23-11-27-21(10-28-23)24(32)30-18-6-3-16(4-7-18)20-9-26-14-29-20/h2-11,14,19H,12-13H2,1H3,(H,26,29)(H,30,32). The first-order valence-corrected chi connectivity index (χ1v) is 10.4. The number of imidazole rings is 1. The molecule has 33 heavy (non-hydrogen) atoms. The normalized spacial score (nSPS) is 13.5. The third-order valence-corrected chi connectivity index (χ3v) is 5.44. The molecule has 4 aromatic rings. The lowest BCUT2D eigenvalue weighted by Crippen LogP contribution is -2.54.